The van der Waals surface area contributed by atoms with Crippen molar-refractivity contribution in [2.24, 2.45) is 4.99 Å². The van der Waals surface area contributed by atoms with Crippen molar-refractivity contribution in [3.05, 3.63) is 65.2 Å². The lowest BCUT2D eigenvalue weighted by molar-refractivity contribution is 0.348. The molecule has 110 valence electrons. The molecule has 0 saturated carbocycles. The molecular formula is C19H19N3. The van der Waals surface area contributed by atoms with Crippen molar-refractivity contribution in [3.8, 4) is 0 Å². The predicted molar refractivity (Wildman–Crippen MR) is 92.0 cm³/mol. The summed E-state index contributed by atoms with van der Waals surface area (Å²) in [5.74, 6) is 1.12. The first-order valence-electron chi connectivity index (χ1n) is 7.70. The van der Waals surface area contributed by atoms with Crippen LogP contribution in [0.2, 0.25) is 0 Å². The van der Waals surface area contributed by atoms with Gasteiger partial charge in [-0.2, -0.15) is 0 Å². The summed E-state index contributed by atoms with van der Waals surface area (Å²) in [7, 11) is 0. The van der Waals surface area contributed by atoms with Crippen molar-refractivity contribution in [2.45, 2.75) is 25.9 Å². The molecule has 2 aromatic rings. The molecule has 3 nitrogen and oxygen atoms in total. The van der Waals surface area contributed by atoms with Crippen molar-refractivity contribution in [2.75, 3.05) is 5.73 Å². The van der Waals surface area contributed by atoms with E-state index in [2.05, 4.69) is 42.2 Å². The normalized spacial score (nSPS) is 21.5. The third-order valence-electron chi connectivity index (χ3n) is 4.42. The molecule has 1 atom stereocenters. The van der Waals surface area contributed by atoms with Gasteiger partial charge in [-0.3, -0.25) is 0 Å². The van der Waals surface area contributed by atoms with Crippen molar-refractivity contribution >= 4 is 23.3 Å². The molecule has 2 aromatic carbocycles. The highest BCUT2D eigenvalue weighted by molar-refractivity contribution is 6.06. The number of nitrogens with two attached hydrogens (primary N) is 1. The van der Waals surface area contributed by atoms with E-state index in [4.69, 9.17) is 10.7 Å². The number of nitrogens with zero attached hydrogens (tertiary/aromatic N) is 2. The fourth-order valence-corrected chi connectivity index (χ4v) is 3.29. The Balaban J connectivity index is 1.78. The number of benzene rings is 2. The van der Waals surface area contributed by atoms with E-state index in [0.717, 1.165) is 30.2 Å². The minimum absolute atomic E-state index is 0.475. The molecule has 3 heteroatoms. The summed E-state index contributed by atoms with van der Waals surface area (Å²) >= 11 is 0. The zero-order valence-electron chi connectivity index (χ0n) is 12.7. The van der Waals surface area contributed by atoms with E-state index in [9.17, 15) is 0 Å². The molecule has 1 unspecified atom stereocenters. The lowest BCUT2D eigenvalue weighted by Gasteiger charge is -2.28. The van der Waals surface area contributed by atoms with Gasteiger partial charge in [-0.05, 0) is 54.3 Å². The van der Waals surface area contributed by atoms with Gasteiger partial charge in [0.1, 0.15) is 5.84 Å². The molecule has 0 bridgehead atoms. The standard InChI is InChI=1S/C19H19N3/c1-13-9-15(10-14-5-3-2-4-6-14)19-21-18-8-7-17(20)11-16(18)12-22(13)19/h2-8,10-11,13H,9,12,20H2,1H3. The van der Waals surface area contributed by atoms with Gasteiger partial charge in [0, 0.05) is 18.3 Å². The van der Waals surface area contributed by atoms with Gasteiger partial charge in [-0.15, -0.1) is 0 Å². The molecular weight excluding hydrogens is 270 g/mol. The zero-order valence-corrected chi connectivity index (χ0v) is 12.7. The van der Waals surface area contributed by atoms with Gasteiger partial charge in [0.05, 0.1) is 5.69 Å². The minimum atomic E-state index is 0.475. The van der Waals surface area contributed by atoms with E-state index in [1.165, 1.54) is 16.7 Å². The first kappa shape index (κ1) is 13.1. The fraction of sp³-hybridized carbons (Fsp3) is 0.211. The molecule has 1 fully saturated rings. The summed E-state index contributed by atoms with van der Waals surface area (Å²) in [4.78, 5) is 7.28. The third-order valence-corrected chi connectivity index (χ3v) is 4.42. The van der Waals surface area contributed by atoms with Gasteiger partial charge in [0.15, 0.2) is 0 Å². The van der Waals surface area contributed by atoms with Crippen LogP contribution in [0, 0.1) is 0 Å². The number of fused-ring (bicyclic) bond motifs is 2. The highest BCUT2D eigenvalue weighted by atomic mass is 15.2. The Morgan fingerprint density at radius 3 is 2.82 bits per heavy atom. The van der Waals surface area contributed by atoms with Crippen LogP contribution in [0.4, 0.5) is 11.4 Å². The Hall–Kier alpha value is -2.55. The van der Waals surface area contributed by atoms with Gasteiger partial charge in [-0.25, -0.2) is 4.99 Å². The summed E-state index contributed by atoms with van der Waals surface area (Å²) in [6.07, 6.45) is 3.30. The Morgan fingerprint density at radius 1 is 1.18 bits per heavy atom. The second-order valence-corrected chi connectivity index (χ2v) is 6.08. The summed E-state index contributed by atoms with van der Waals surface area (Å²) < 4.78 is 0. The molecule has 0 aliphatic carbocycles. The number of hydrogen-bond acceptors (Lipinski definition) is 3. The van der Waals surface area contributed by atoms with E-state index in [1.54, 1.807) is 0 Å². The average molecular weight is 289 g/mol. The summed E-state index contributed by atoms with van der Waals surface area (Å²) in [6.45, 7) is 3.16. The van der Waals surface area contributed by atoms with Crippen LogP contribution in [0.15, 0.2) is 59.1 Å². The highest BCUT2D eigenvalue weighted by Gasteiger charge is 2.33. The number of anilines is 1. The van der Waals surface area contributed by atoms with Crippen molar-refractivity contribution < 1.29 is 0 Å². The Bertz CT molecular complexity index is 775. The van der Waals surface area contributed by atoms with Crippen molar-refractivity contribution in [1.82, 2.24) is 4.90 Å². The monoisotopic (exact) mass is 289 g/mol. The number of aliphatic imine (C=N–C) groups is 1. The van der Waals surface area contributed by atoms with Crippen LogP contribution in [0.5, 0.6) is 0 Å². The molecule has 2 heterocycles. The maximum Gasteiger partial charge on any atom is 0.133 e. The van der Waals surface area contributed by atoms with Crippen LogP contribution >= 0.6 is 0 Å². The van der Waals surface area contributed by atoms with Crippen molar-refractivity contribution in [1.29, 1.82) is 0 Å². The van der Waals surface area contributed by atoms with Gasteiger partial charge in [-0.1, -0.05) is 30.3 Å². The molecule has 1 saturated heterocycles. The van der Waals surface area contributed by atoms with Crippen LogP contribution in [0.3, 0.4) is 0 Å². The molecule has 0 aromatic heterocycles. The maximum atomic E-state index is 5.90. The highest BCUT2D eigenvalue weighted by Crippen LogP contribution is 2.36. The molecule has 2 aliphatic heterocycles. The van der Waals surface area contributed by atoms with Crippen molar-refractivity contribution in [3.63, 3.8) is 0 Å². The van der Waals surface area contributed by atoms with Crippen LogP contribution in [-0.2, 0) is 6.54 Å². The Labute approximate surface area is 130 Å². The molecule has 0 radical (unpaired) electrons. The fourth-order valence-electron chi connectivity index (χ4n) is 3.29. The first-order chi connectivity index (χ1) is 10.7. The van der Waals surface area contributed by atoms with Crippen LogP contribution < -0.4 is 5.73 Å². The third kappa shape index (κ3) is 2.19. The topological polar surface area (TPSA) is 41.6 Å². The number of amidine groups is 1. The average Bonchev–Trinajstić information content (AvgIpc) is 2.82. The second-order valence-electron chi connectivity index (χ2n) is 6.08. The maximum absolute atomic E-state index is 5.90. The number of rotatable bonds is 1. The first-order valence-corrected chi connectivity index (χ1v) is 7.70. The van der Waals surface area contributed by atoms with E-state index >= 15 is 0 Å². The van der Waals surface area contributed by atoms with Crippen LogP contribution in [0.25, 0.3) is 6.08 Å². The molecule has 2 N–H and O–H groups in total. The second kappa shape index (κ2) is 5.02. The number of hydrogen-bond donors (Lipinski definition) is 1. The predicted octanol–water partition coefficient (Wildman–Crippen LogP) is 3.99. The summed E-state index contributed by atoms with van der Waals surface area (Å²) in [6, 6.07) is 16.9. The molecule has 0 spiro atoms. The van der Waals surface area contributed by atoms with E-state index in [1.807, 2.05) is 24.3 Å². The minimum Gasteiger partial charge on any atom is -0.399 e. The number of nitrogen functional groups attached to an aromatic ring is 1. The molecule has 4 rings (SSSR count). The Kier molecular flexibility index (Phi) is 3.00. The summed E-state index contributed by atoms with van der Waals surface area (Å²) in [5, 5.41) is 0. The van der Waals surface area contributed by atoms with Gasteiger partial charge < -0.3 is 10.6 Å². The largest absolute Gasteiger partial charge is 0.399 e. The molecule has 22 heavy (non-hydrogen) atoms. The van der Waals surface area contributed by atoms with Gasteiger partial charge in [0.25, 0.3) is 0 Å². The smallest absolute Gasteiger partial charge is 0.133 e. The lowest BCUT2D eigenvalue weighted by Crippen LogP contribution is -2.32. The zero-order chi connectivity index (χ0) is 15.1. The quantitative estimate of drug-likeness (QED) is 0.806. The van der Waals surface area contributed by atoms with E-state index in [0.29, 0.717) is 6.04 Å². The molecule has 0 amide bonds. The Morgan fingerprint density at radius 2 is 2.00 bits per heavy atom. The summed E-state index contributed by atoms with van der Waals surface area (Å²) in [5.41, 5.74) is 11.5. The molecule has 2 aliphatic rings. The van der Waals surface area contributed by atoms with Gasteiger partial charge in [0.2, 0.25) is 0 Å². The lowest BCUT2D eigenvalue weighted by atomic mass is 10.1. The van der Waals surface area contributed by atoms with Crippen LogP contribution in [-0.4, -0.2) is 16.8 Å². The van der Waals surface area contributed by atoms with E-state index in [-0.39, 0.29) is 0 Å². The van der Waals surface area contributed by atoms with Gasteiger partial charge >= 0.3 is 0 Å². The van der Waals surface area contributed by atoms with E-state index < -0.39 is 0 Å². The van der Waals surface area contributed by atoms with Crippen LogP contribution in [0.1, 0.15) is 24.5 Å². The SMILES string of the molecule is CC1CC(=Cc2ccccc2)C2=Nc3ccc(N)cc3CN21.